The maximum atomic E-state index is 14.2. The molecule has 0 saturated carbocycles. The molecule has 0 fully saturated rings. The van der Waals surface area contributed by atoms with E-state index in [0.29, 0.717) is 16.9 Å². The average Bonchev–Trinajstić information content (AvgIpc) is 3.17. The molecule has 0 aliphatic heterocycles. The number of rotatable bonds is 3. The van der Waals surface area contributed by atoms with E-state index in [2.05, 4.69) is 5.10 Å². The van der Waals surface area contributed by atoms with E-state index < -0.39 is 17.6 Å². The molecule has 28 heavy (non-hydrogen) atoms. The third kappa shape index (κ3) is 3.41. The predicted octanol–water partition coefficient (Wildman–Crippen LogP) is 6.36. The van der Waals surface area contributed by atoms with Crippen molar-refractivity contribution in [2.45, 2.75) is 6.18 Å². The van der Waals surface area contributed by atoms with Crippen molar-refractivity contribution in [2.75, 3.05) is 0 Å². The lowest BCUT2D eigenvalue weighted by Gasteiger charge is -2.11. The molecule has 0 saturated heterocycles. The molecule has 0 aliphatic carbocycles. The van der Waals surface area contributed by atoms with Crippen LogP contribution >= 0.6 is 0 Å². The van der Waals surface area contributed by atoms with Crippen molar-refractivity contribution in [3.05, 3.63) is 96.4 Å². The minimum absolute atomic E-state index is 0.322. The molecule has 0 bridgehead atoms. The van der Waals surface area contributed by atoms with Crippen molar-refractivity contribution in [2.24, 2.45) is 0 Å². The zero-order valence-corrected chi connectivity index (χ0v) is 14.5. The molecular weight excluding hydrogens is 368 g/mol. The lowest BCUT2D eigenvalue weighted by Crippen LogP contribution is -2.04. The molecule has 0 spiro atoms. The first-order chi connectivity index (χ1) is 13.4. The first kappa shape index (κ1) is 18.0. The summed E-state index contributed by atoms with van der Waals surface area (Å²) in [5.41, 5.74) is 2.50. The molecule has 2 nitrogen and oxygen atoms in total. The lowest BCUT2D eigenvalue weighted by atomic mass is 10.0. The van der Waals surface area contributed by atoms with E-state index in [-0.39, 0.29) is 0 Å². The highest BCUT2D eigenvalue weighted by Crippen LogP contribution is 2.32. The van der Waals surface area contributed by atoms with Gasteiger partial charge in [0.05, 0.1) is 17.5 Å². The summed E-state index contributed by atoms with van der Waals surface area (Å²) in [4.78, 5) is 0. The Bertz CT molecular complexity index is 1110. The Labute approximate surface area is 158 Å². The number of halogens is 4. The number of para-hydroxylation sites is 1. The molecular formula is C22H14F4N2. The molecule has 4 aromatic rings. The molecule has 1 heterocycles. The molecule has 140 valence electrons. The summed E-state index contributed by atoms with van der Waals surface area (Å²) in [5.74, 6) is -0.397. The molecule has 6 heteroatoms. The number of nitrogens with zero attached hydrogens (tertiary/aromatic N) is 2. The summed E-state index contributed by atoms with van der Waals surface area (Å²) >= 11 is 0. The second kappa shape index (κ2) is 6.96. The van der Waals surface area contributed by atoms with Gasteiger partial charge in [-0.1, -0.05) is 42.5 Å². The van der Waals surface area contributed by atoms with Gasteiger partial charge in [0.15, 0.2) is 0 Å². The van der Waals surface area contributed by atoms with Gasteiger partial charge in [0.25, 0.3) is 0 Å². The van der Waals surface area contributed by atoms with Crippen LogP contribution in [-0.2, 0) is 6.18 Å². The number of hydrogen-bond donors (Lipinski definition) is 0. The van der Waals surface area contributed by atoms with Crippen molar-refractivity contribution >= 4 is 0 Å². The highest BCUT2D eigenvalue weighted by Gasteiger charge is 2.29. The van der Waals surface area contributed by atoms with Crippen LogP contribution in [0, 0.1) is 5.82 Å². The van der Waals surface area contributed by atoms with E-state index in [1.54, 1.807) is 36.5 Å². The Morgan fingerprint density at radius 1 is 0.714 bits per heavy atom. The summed E-state index contributed by atoms with van der Waals surface area (Å²) in [6.07, 6.45) is -2.79. The lowest BCUT2D eigenvalue weighted by molar-refractivity contribution is -0.137. The minimum Gasteiger partial charge on any atom is -0.230 e. The van der Waals surface area contributed by atoms with Crippen LogP contribution in [0.15, 0.2) is 85.1 Å². The van der Waals surface area contributed by atoms with Gasteiger partial charge in [-0.05, 0) is 47.5 Å². The van der Waals surface area contributed by atoms with Gasteiger partial charge in [-0.15, -0.1) is 0 Å². The number of benzene rings is 3. The third-order valence-electron chi connectivity index (χ3n) is 4.43. The van der Waals surface area contributed by atoms with E-state index in [0.717, 1.165) is 23.3 Å². The zero-order chi connectivity index (χ0) is 19.7. The van der Waals surface area contributed by atoms with E-state index in [9.17, 15) is 17.6 Å². The van der Waals surface area contributed by atoms with Crippen LogP contribution in [-0.4, -0.2) is 9.78 Å². The molecule has 0 unspecified atom stereocenters. The smallest absolute Gasteiger partial charge is 0.230 e. The second-order valence-electron chi connectivity index (χ2n) is 6.24. The van der Waals surface area contributed by atoms with Crippen molar-refractivity contribution in [1.82, 2.24) is 9.78 Å². The van der Waals surface area contributed by atoms with E-state index in [1.807, 2.05) is 18.2 Å². The number of hydrogen-bond acceptors (Lipinski definition) is 1. The van der Waals surface area contributed by atoms with Gasteiger partial charge in [0.1, 0.15) is 11.5 Å². The first-order valence-corrected chi connectivity index (χ1v) is 8.50. The quantitative estimate of drug-likeness (QED) is 0.377. The van der Waals surface area contributed by atoms with Gasteiger partial charge in [0, 0.05) is 5.56 Å². The van der Waals surface area contributed by atoms with Gasteiger partial charge >= 0.3 is 6.18 Å². The fourth-order valence-corrected chi connectivity index (χ4v) is 3.05. The summed E-state index contributed by atoms with van der Waals surface area (Å²) in [6, 6.07) is 20.4. The molecule has 0 N–H and O–H groups in total. The van der Waals surface area contributed by atoms with Gasteiger partial charge in [-0.25, -0.2) is 9.07 Å². The molecule has 0 radical (unpaired) electrons. The highest BCUT2D eigenvalue weighted by atomic mass is 19.4. The second-order valence-corrected chi connectivity index (χ2v) is 6.24. The van der Waals surface area contributed by atoms with E-state index >= 15 is 0 Å². The molecule has 0 amide bonds. The fourth-order valence-electron chi connectivity index (χ4n) is 3.05. The van der Waals surface area contributed by atoms with Crippen LogP contribution in [0.25, 0.3) is 28.1 Å². The van der Waals surface area contributed by atoms with Crippen LogP contribution in [0.2, 0.25) is 0 Å². The Balaban J connectivity index is 1.73. The first-order valence-electron chi connectivity index (χ1n) is 8.50. The SMILES string of the molecule is Fc1ccccc1-n1nccc1-c1cccc(-c2ccc(C(F)(F)F)cc2)c1. The normalized spacial score (nSPS) is 11.6. The van der Waals surface area contributed by atoms with Crippen LogP contribution in [0.5, 0.6) is 0 Å². The Morgan fingerprint density at radius 3 is 2.14 bits per heavy atom. The third-order valence-corrected chi connectivity index (χ3v) is 4.43. The maximum Gasteiger partial charge on any atom is 0.416 e. The van der Waals surface area contributed by atoms with Crippen molar-refractivity contribution in [3.63, 3.8) is 0 Å². The predicted molar refractivity (Wildman–Crippen MR) is 99.4 cm³/mol. The number of alkyl halides is 3. The maximum absolute atomic E-state index is 14.2. The van der Waals surface area contributed by atoms with Crippen molar-refractivity contribution in [3.8, 4) is 28.1 Å². The summed E-state index contributed by atoms with van der Waals surface area (Å²) in [5, 5.41) is 4.22. The van der Waals surface area contributed by atoms with Gasteiger partial charge in [-0.2, -0.15) is 18.3 Å². The average molecular weight is 382 g/mol. The van der Waals surface area contributed by atoms with Crippen LogP contribution < -0.4 is 0 Å². The van der Waals surface area contributed by atoms with E-state index in [1.165, 1.54) is 22.9 Å². The van der Waals surface area contributed by atoms with Crippen LogP contribution in [0.4, 0.5) is 17.6 Å². The summed E-state index contributed by atoms with van der Waals surface area (Å²) in [6.45, 7) is 0. The Morgan fingerprint density at radius 2 is 1.43 bits per heavy atom. The summed E-state index contributed by atoms with van der Waals surface area (Å²) < 4.78 is 54.0. The molecule has 0 aliphatic rings. The summed E-state index contributed by atoms with van der Waals surface area (Å²) in [7, 11) is 0. The van der Waals surface area contributed by atoms with Gasteiger partial charge in [0.2, 0.25) is 0 Å². The largest absolute Gasteiger partial charge is 0.416 e. The van der Waals surface area contributed by atoms with Gasteiger partial charge in [-0.3, -0.25) is 0 Å². The highest BCUT2D eigenvalue weighted by molar-refractivity contribution is 5.72. The van der Waals surface area contributed by atoms with Crippen molar-refractivity contribution in [1.29, 1.82) is 0 Å². The van der Waals surface area contributed by atoms with E-state index in [4.69, 9.17) is 0 Å². The Kier molecular flexibility index (Phi) is 4.47. The van der Waals surface area contributed by atoms with Crippen molar-refractivity contribution < 1.29 is 17.6 Å². The Hall–Kier alpha value is -3.41. The molecule has 0 atom stereocenters. The topological polar surface area (TPSA) is 17.8 Å². The minimum atomic E-state index is -4.37. The monoisotopic (exact) mass is 382 g/mol. The van der Waals surface area contributed by atoms with Gasteiger partial charge < -0.3 is 0 Å². The molecule has 1 aromatic heterocycles. The standard InChI is InChI=1S/C22H14F4N2/c23-19-6-1-2-7-21(19)28-20(12-13-27-28)17-5-3-4-16(14-17)15-8-10-18(11-9-15)22(24,25)26/h1-14H. The van der Waals surface area contributed by atoms with Crippen LogP contribution in [0.3, 0.4) is 0 Å². The molecule has 3 aromatic carbocycles. The zero-order valence-electron chi connectivity index (χ0n) is 14.5. The van der Waals surface area contributed by atoms with Crippen LogP contribution in [0.1, 0.15) is 5.56 Å². The number of aromatic nitrogens is 2. The fraction of sp³-hybridized carbons (Fsp3) is 0.0455. The molecule has 4 rings (SSSR count).